The van der Waals surface area contributed by atoms with Gasteiger partial charge in [0.2, 0.25) is 0 Å². The molecule has 0 unspecified atom stereocenters. The molecule has 1 aliphatic carbocycles. The van der Waals surface area contributed by atoms with Gasteiger partial charge in [0.25, 0.3) is 0 Å². The highest BCUT2D eigenvalue weighted by Gasteiger charge is 2.30. The van der Waals surface area contributed by atoms with Crippen molar-refractivity contribution in [3.63, 3.8) is 0 Å². The number of hydrogen-bond acceptors (Lipinski definition) is 3. The van der Waals surface area contributed by atoms with Crippen LogP contribution in [0.4, 0.5) is 5.69 Å². The zero-order chi connectivity index (χ0) is 18.2. The van der Waals surface area contributed by atoms with E-state index in [2.05, 4.69) is 26.0 Å². The molecule has 0 atom stereocenters. The number of rotatable bonds is 4. The summed E-state index contributed by atoms with van der Waals surface area (Å²) >= 11 is 6.48. The van der Waals surface area contributed by atoms with Gasteiger partial charge in [-0.3, -0.25) is 9.79 Å². The molecule has 25 heavy (non-hydrogen) atoms. The van der Waals surface area contributed by atoms with Crippen molar-refractivity contribution in [2.24, 2.45) is 10.9 Å². The van der Waals surface area contributed by atoms with Crippen molar-refractivity contribution in [2.45, 2.75) is 64.3 Å². The number of fused-ring (bicyclic) bond motifs is 1. The Morgan fingerprint density at radius 2 is 1.92 bits per heavy atom. The van der Waals surface area contributed by atoms with Gasteiger partial charge in [-0.2, -0.15) is 0 Å². The van der Waals surface area contributed by atoms with E-state index in [1.807, 2.05) is 19.0 Å². The van der Waals surface area contributed by atoms with Crippen LogP contribution in [0.1, 0.15) is 63.5 Å². The van der Waals surface area contributed by atoms with E-state index in [4.69, 9.17) is 16.6 Å². The van der Waals surface area contributed by atoms with Crippen molar-refractivity contribution < 1.29 is 4.79 Å². The second kappa shape index (κ2) is 7.11. The van der Waals surface area contributed by atoms with Gasteiger partial charge in [0.05, 0.1) is 22.0 Å². The SMILES string of the molecule is CN(C)c1cc2c(cc1Cl)CC(C)(C)N=C2CC(=O)C1CCCCC1. The molecule has 0 saturated heterocycles. The lowest BCUT2D eigenvalue weighted by Gasteiger charge is -2.31. The first-order valence-corrected chi connectivity index (χ1v) is 9.76. The third-order valence-electron chi connectivity index (χ3n) is 5.43. The molecule has 0 radical (unpaired) electrons. The number of aliphatic imine (C=N–C) groups is 1. The van der Waals surface area contributed by atoms with Crippen molar-refractivity contribution >= 4 is 28.8 Å². The van der Waals surface area contributed by atoms with E-state index in [-0.39, 0.29) is 11.5 Å². The van der Waals surface area contributed by atoms with Crippen LogP contribution < -0.4 is 4.90 Å². The number of carbonyl (C=O) groups is 1. The van der Waals surface area contributed by atoms with Gasteiger partial charge >= 0.3 is 0 Å². The quantitative estimate of drug-likeness (QED) is 0.750. The minimum absolute atomic E-state index is 0.182. The molecule has 0 spiro atoms. The Kier molecular flexibility index (Phi) is 5.24. The van der Waals surface area contributed by atoms with Crippen LogP contribution in [-0.2, 0) is 11.2 Å². The second-order valence-corrected chi connectivity index (χ2v) is 8.79. The molecule has 2 aliphatic rings. The van der Waals surface area contributed by atoms with Crippen molar-refractivity contribution in [1.29, 1.82) is 0 Å². The predicted octanol–water partition coefficient (Wildman–Crippen LogP) is 5.07. The van der Waals surface area contributed by atoms with Crippen LogP contribution in [0.5, 0.6) is 0 Å². The third-order valence-corrected chi connectivity index (χ3v) is 5.73. The monoisotopic (exact) mass is 360 g/mol. The first kappa shape index (κ1) is 18.4. The molecule has 1 aromatic rings. The van der Waals surface area contributed by atoms with Gasteiger partial charge in [-0.15, -0.1) is 0 Å². The molecule has 4 heteroatoms. The minimum Gasteiger partial charge on any atom is -0.376 e. The maximum absolute atomic E-state index is 12.9. The van der Waals surface area contributed by atoms with E-state index in [0.717, 1.165) is 41.2 Å². The average Bonchev–Trinajstić information content (AvgIpc) is 2.53. The number of Topliss-reactive ketones (excluding diaryl/α,β-unsaturated/α-hetero) is 1. The Hall–Kier alpha value is -1.35. The number of anilines is 1. The van der Waals surface area contributed by atoms with Gasteiger partial charge < -0.3 is 4.90 Å². The van der Waals surface area contributed by atoms with Crippen molar-refractivity contribution in [1.82, 2.24) is 0 Å². The molecule has 1 aliphatic heterocycles. The summed E-state index contributed by atoms with van der Waals surface area (Å²) in [6.45, 7) is 4.27. The highest BCUT2D eigenvalue weighted by Crippen LogP contribution is 2.36. The summed E-state index contributed by atoms with van der Waals surface area (Å²) in [4.78, 5) is 19.8. The molecule has 3 nitrogen and oxygen atoms in total. The molecule has 1 aromatic carbocycles. The fraction of sp³-hybridized carbons (Fsp3) is 0.619. The zero-order valence-electron chi connectivity index (χ0n) is 15.9. The number of hydrogen-bond donors (Lipinski definition) is 0. The molecule has 136 valence electrons. The molecule has 1 fully saturated rings. The van der Waals surface area contributed by atoms with E-state index >= 15 is 0 Å². The maximum atomic E-state index is 12.9. The normalized spacial score (nSPS) is 20.0. The number of benzene rings is 1. The molecule has 1 saturated carbocycles. The molecular weight excluding hydrogens is 332 g/mol. The smallest absolute Gasteiger partial charge is 0.141 e. The Morgan fingerprint density at radius 3 is 2.56 bits per heavy atom. The summed E-state index contributed by atoms with van der Waals surface area (Å²) in [6, 6.07) is 4.17. The van der Waals surface area contributed by atoms with Crippen molar-refractivity contribution in [3.8, 4) is 0 Å². The molecule has 1 heterocycles. The topological polar surface area (TPSA) is 32.7 Å². The molecule has 0 aromatic heterocycles. The number of nitrogens with zero attached hydrogens (tertiary/aromatic N) is 2. The fourth-order valence-electron chi connectivity index (χ4n) is 4.16. The Morgan fingerprint density at radius 1 is 1.24 bits per heavy atom. The van der Waals surface area contributed by atoms with Gasteiger partial charge in [0.1, 0.15) is 5.78 Å². The standard InChI is InChI=1S/C21H29ClN2O/c1-21(2)13-15-10-17(22)19(24(3)4)11-16(15)18(23-21)12-20(25)14-8-6-5-7-9-14/h10-11,14H,5-9,12-13H2,1-4H3. The highest BCUT2D eigenvalue weighted by atomic mass is 35.5. The van der Waals surface area contributed by atoms with Crippen molar-refractivity contribution in [3.05, 3.63) is 28.3 Å². The van der Waals surface area contributed by atoms with Crippen LogP contribution in [0, 0.1) is 5.92 Å². The van der Waals surface area contributed by atoms with Crippen LogP contribution in [0.2, 0.25) is 5.02 Å². The van der Waals surface area contributed by atoms with Gasteiger partial charge in [-0.1, -0.05) is 30.9 Å². The summed E-state index contributed by atoms with van der Waals surface area (Å²) in [5.74, 6) is 0.592. The average molecular weight is 361 g/mol. The van der Waals surface area contributed by atoms with E-state index in [9.17, 15) is 4.79 Å². The summed E-state index contributed by atoms with van der Waals surface area (Å²) in [7, 11) is 3.98. The van der Waals surface area contributed by atoms with Crippen LogP contribution in [0.25, 0.3) is 0 Å². The van der Waals surface area contributed by atoms with Gasteiger partial charge in [-0.05, 0) is 50.8 Å². The largest absolute Gasteiger partial charge is 0.376 e. The number of ketones is 1. The fourth-order valence-corrected chi connectivity index (χ4v) is 4.52. The summed E-state index contributed by atoms with van der Waals surface area (Å²) in [5, 5.41) is 0.763. The first-order chi connectivity index (χ1) is 11.8. The Labute approximate surface area is 156 Å². The lowest BCUT2D eigenvalue weighted by atomic mass is 9.81. The summed E-state index contributed by atoms with van der Waals surface area (Å²) < 4.78 is 0. The minimum atomic E-state index is -0.182. The van der Waals surface area contributed by atoms with Gasteiger partial charge in [-0.25, -0.2) is 0 Å². The van der Waals surface area contributed by atoms with E-state index in [0.29, 0.717) is 12.2 Å². The lowest BCUT2D eigenvalue weighted by molar-refractivity contribution is -0.122. The lowest BCUT2D eigenvalue weighted by Crippen LogP contribution is -2.31. The van der Waals surface area contributed by atoms with E-state index in [1.165, 1.54) is 24.8 Å². The molecule has 3 rings (SSSR count). The van der Waals surface area contributed by atoms with Crippen LogP contribution in [0.15, 0.2) is 17.1 Å². The molecular formula is C21H29ClN2O. The Bertz CT molecular complexity index is 700. The van der Waals surface area contributed by atoms with Crippen LogP contribution >= 0.6 is 11.6 Å². The van der Waals surface area contributed by atoms with Gasteiger partial charge in [0, 0.05) is 32.0 Å². The number of halogens is 1. The molecule has 0 N–H and O–H groups in total. The third kappa shape index (κ3) is 4.08. The van der Waals surface area contributed by atoms with Crippen molar-refractivity contribution in [2.75, 3.05) is 19.0 Å². The molecule has 0 amide bonds. The second-order valence-electron chi connectivity index (χ2n) is 8.38. The van der Waals surface area contributed by atoms with Crippen LogP contribution in [0.3, 0.4) is 0 Å². The first-order valence-electron chi connectivity index (χ1n) is 9.38. The highest BCUT2D eigenvalue weighted by molar-refractivity contribution is 6.33. The summed E-state index contributed by atoms with van der Waals surface area (Å²) in [5.41, 5.74) is 4.07. The van der Waals surface area contributed by atoms with Crippen LogP contribution in [-0.4, -0.2) is 31.1 Å². The Balaban J connectivity index is 1.93. The van der Waals surface area contributed by atoms with E-state index in [1.54, 1.807) is 0 Å². The number of carbonyl (C=O) groups excluding carboxylic acids is 1. The zero-order valence-corrected chi connectivity index (χ0v) is 16.6. The van der Waals surface area contributed by atoms with Gasteiger partial charge in [0.15, 0.2) is 0 Å². The van der Waals surface area contributed by atoms with E-state index < -0.39 is 0 Å². The maximum Gasteiger partial charge on any atom is 0.141 e. The summed E-state index contributed by atoms with van der Waals surface area (Å²) in [6.07, 6.45) is 7.05. The molecule has 0 bridgehead atoms. The predicted molar refractivity (Wildman–Crippen MR) is 106 cm³/mol.